The van der Waals surface area contributed by atoms with Gasteiger partial charge in [-0.05, 0) is 50.2 Å². The highest BCUT2D eigenvalue weighted by molar-refractivity contribution is 6.00. The molecule has 2 aromatic carbocycles. The number of hydrogen-bond acceptors (Lipinski definition) is 10. The fourth-order valence-corrected chi connectivity index (χ4v) is 7.74. The number of carbonyl (C=O) groups is 9. The number of methoxy groups -OCH3 is 1. The second-order valence-electron chi connectivity index (χ2n) is 18.5. The summed E-state index contributed by atoms with van der Waals surface area (Å²) in [6.45, 7) is 15.0. The van der Waals surface area contributed by atoms with Crippen molar-refractivity contribution >= 4 is 53.3 Å². The number of carboxylic acid groups (broad SMARTS) is 2. The number of hydrogen-bond donors (Lipinski definition) is 8. The first-order valence-corrected chi connectivity index (χ1v) is 23.6. The van der Waals surface area contributed by atoms with Crippen LogP contribution in [0.5, 0.6) is 0 Å². The van der Waals surface area contributed by atoms with E-state index >= 15 is 0 Å². The van der Waals surface area contributed by atoms with Crippen molar-refractivity contribution in [3.8, 4) is 0 Å². The SMILES string of the molecule is C=C1C(=O)N[C@H](C)C(=O)N[C@@H](CC(C)C)C(=O)N[C@@H](C(=O)O)[C@H](C)C(=O)N[C@@H](Cc2ccccc2)C(=O)N[C@@H](/C=C/C(C)=C/[C@H](C)[C@H](Cc2ccccc2)OC)[C@H](C)C(=O)N[C@@H](C(=O)O)CCC(=O)N1C. The fraction of sp³-hybridized carbons (Fsp3) is 0.481. The van der Waals surface area contributed by atoms with Gasteiger partial charge in [0.05, 0.1) is 24.0 Å². The zero-order chi connectivity index (χ0) is 53.1. The minimum absolute atomic E-state index is 0.0213. The predicted molar refractivity (Wildman–Crippen MR) is 265 cm³/mol. The van der Waals surface area contributed by atoms with Gasteiger partial charge < -0.3 is 51.8 Å². The van der Waals surface area contributed by atoms with E-state index in [0.717, 1.165) is 16.0 Å². The normalized spacial score (nSPS) is 25.4. The average Bonchev–Trinajstić information content (AvgIpc) is 3.32. The van der Waals surface area contributed by atoms with Crippen LogP contribution in [-0.4, -0.2) is 125 Å². The third-order valence-electron chi connectivity index (χ3n) is 12.3. The second-order valence-corrected chi connectivity index (χ2v) is 18.5. The summed E-state index contributed by atoms with van der Waals surface area (Å²) in [5, 5.41) is 35.8. The number of carboxylic acids is 2. The molecule has 19 nitrogen and oxygen atoms in total. The van der Waals surface area contributed by atoms with Gasteiger partial charge in [0.1, 0.15) is 35.9 Å². The summed E-state index contributed by atoms with van der Waals surface area (Å²) in [6.07, 6.45) is 4.66. The van der Waals surface area contributed by atoms with Gasteiger partial charge in [-0.1, -0.05) is 126 Å². The summed E-state index contributed by atoms with van der Waals surface area (Å²) in [5.41, 5.74) is 2.01. The Bertz CT molecular complexity index is 2290. The molecule has 10 atom stereocenters. The van der Waals surface area contributed by atoms with Crippen molar-refractivity contribution < 1.29 is 58.1 Å². The Morgan fingerprint density at radius 2 is 1.31 bits per heavy atom. The minimum atomic E-state index is -1.86. The van der Waals surface area contributed by atoms with Gasteiger partial charge in [0.2, 0.25) is 35.4 Å². The number of aliphatic carboxylic acids is 2. The number of benzene rings is 2. The average molecular weight is 986 g/mol. The number of nitrogens with one attached hydrogen (secondary N) is 6. The Balaban J connectivity index is 2.14. The molecule has 1 fully saturated rings. The molecule has 19 heteroatoms. The van der Waals surface area contributed by atoms with Crippen molar-refractivity contribution in [1.29, 1.82) is 0 Å². The maximum atomic E-state index is 14.5. The van der Waals surface area contributed by atoms with Crippen LogP contribution in [0.3, 0.4) is 0 Å². The zero-order valence-electron chi connectivity index (χ0n) is 42.0. The number of nitrogens with zero attached hydrogens (tertiary/aromatic N) is 1. The van der Waals surface area contributed by atoms with E-state index in [0.29, 0.717) is 12.0 Å². The van der Waals surface area contributed by atoms with Gasteiger partial charge in [-0.2, -0.15) is 0 Å². The van der Waals surface area contributed by atoms with Crippen molar-refractivity contribution in [3.05, 3.63) is 108 Å². The molecule has 1 aliphatic heterocycles. The van der Waals surface area contributed by atoms with Crippen molar-refractivity contribution in [1.82, 2.24) is 36.8 Å². The highest BCUT2D eigenvalue weighted by Crippen LogP contribution is 2.19. The lowest BCUT2D eigenvalue weighted by molar-refractivity contribution is -0.146. The molecule has 1 saturated heterocycles. The van der Waals surface area contributed by atoms with E-state index in [4.69, 9.17) is 4.74 Å². The van der Waals surface area contributed by atoms with Crippen molar-refractivity contribution in [2.45, 2.75) is 123 Å². The van der Waals surface area contributed by atoms with Gasteiger partial charge in [0.25, 0.3) is 5.91 Å². The van der Waals surface area contributed by atoms with Crippen LogP contribution in [-0.2, 0) is 60.7 Å². The fourth-order valence-electron chi connectivity index (χ4n) is 7.74. The van der Waals surface area contributed by atoms with E-state index in [9.17, 15) is 53.4 Å². The number of likely N-dealkylation sites (N-methyl/N-ethyl adjacent to an activating group) is 1. The third-order valence-corrected chi connectivity index (χ3v) is 12.3. The van der Waals surface area contributed by atoms with Crippen molar-refractivity contribution in [3.63, 3.8) is 0 Å². The molecule has 0 aliphatic carbocycles. The highest BCUT2D eigenvalue weighted by Gasteiger charge is 2.37. The van der Waals surface area contributed by atoms with E-state index in [1.807, 2.05) is 50.3 Å². The third kappa shape index (κ3) is 18.3. The summed E-state index contributed by atoms with van der Waals surface area (Å²) >= 11 is 0. The smallest absolute Gasteiger partial charge is 0.327 e. The molecule has 0 radical (unpaired) electrons. The number of rotatable bonds is 13. The maximum Gasteiger partial charge on any atom is 0.327 e. The van der Waals surface area contributed by atoms with Crippen LogP contribution in [0, 0.1) is 23.7 Å². The molecule has 0 saturated carbocycles. The van der Waals surface area contributed by atoms with Crippen LogP contribution in [0.2, 0.25) is 0 Å². The summed E-state index contributed by atoms with van der Waals surface area (Å²) in [6, 6.07) is 9.78. The highest BCUT2D eigenvalue weighted by atomic mass is 16.5. The summed E-state index contributed by atoms with van der Waals surface area (Å²) in [5.74, 6) is -12.1. The molecular weight excluding hydrogens is 915 g/mol. The molecule has 0 bridgehead atoms. The summed E-state index contributed by atoms with van der Waals surface area (Å²) < 4.78 is 5.83. The van der Waals surface area contributed by atoms with Gasteiger partial charge in [0, 0.05) is 32.9 Å². The standard InChI is InChI=1S/C52H71N7O12/c1-29(2)25-40-50(66)58-44(52(69)70)33(6)46(62)56-41(27-36-17-13-11-14-18-36)49(65)54-38(22-21-30(3)26-31(4)42(71-10)28-37-19-15-12-16-20-37)32(5)45(61)55-39(51(67)68)23-24-43(60)59(9)35(8)48(64)53-34(7)47(63)57-40/h11-22,26,29,31-34,38-42,44H,8,23-25,27-28H2,1-7,9-10H3,(H,53,64)(H,54,65)(H,55,61)(H,56,62)(H,57,63)(H,58,66)(H,67,68)(H,69,70)/b22-21+,30-26+/t31-,32-,33-,34+,38-,39+,40-,41-,42-,44+/m0/s1. The van der Waals surface area contributed by atoms with E-state index in [-0.39, 0.29) is 30.8 Å². The molecule has 1 aliphatic rings. The first-order valence-electron chi connectivity index (χ1n) is 23.6. The van der Waals surface area contributed by atoms with Gasteiger partial charge in [-0.3, -0.25) is 33.6 Å². The topological polar surface area (TPSA) is 279 Å². The first kappa shape index (κ1) is 58.2. The van der Waals surface area contributed by atoms with Gasteiger partial charge in [0.15, 0.2) is 0 Å². The molecule has 386 valence electrons. The van der Waals surface area contributed by atoms with Crippen LogP contribution in [0.4, 0.5) is 0 Å². The van der Waals surface area contributed by atoms with Gasteiger partial charge in [-0.25, -0.2) is 9.59 Å². The number of allylic oxidation sites excluding steroid dienone is 2. The molecular formula is C52H71N7O12. The largest absolute Gasteiger partial charge is 0.480 e. The summed E-state index contributed by atoms with van der Waals surface area (Å²) in [7, 11) is 2.85. The quantitative estimate of drug-likeness (QED) is 0.106. The van der Waals surface area contributed by atoms with Crippen LogP contribution in [0.15, 0.2) is 96.7 Å². The number of ether oxygens (including phenoxy) is 1. The van der Waals surface area contributed by atoms with E-state index in [1.54, 1.807) is 63.4 Å². The van der Waals surface area contributed by atoms with Gasteiger partial charge >= 0.3 is 11.9 Å². The first-order chi connectivity index (χ1) is 33.4. The minimum Gasteiger partial charge on any atom is -0.480 e. The zero-order valence-corrected chi connectivity index (χ0v) is 42.0. The Labute approximate surface area is 415 Å². The van der Waals surface area contributed by atoms with E-state index in [2.05, 4.69) is 38.5 Å². The molecule has 3 rings (SSSR count). The molecule has 71 heavy (non-hydrogen) atoms. The molecule has 0 aromatic heterocycles. The Morgan fingerprint density at radius 3 is 1.87 bits per heavy atom. The van der Waals surface area contributed by atoms with Crippen molar-refractivity contribution in [2.75, 3.05) is 14.2 Å². The van der Waals surface area contributed by atoms with Gasteiger partial charge in [-0.15, -0.1) is 0 Å². The van der Waals surface area contributed by atoms with Crippen LogP contribution in [0.1, 0.15) is 78.9 Å². The number of carbonyl (C=O) groups excluding carboxylic acids is 7. The molecule has 0 unspecified atom stereocenters. The Kier molecular flexibility index (Phi) is 22.8. The maximum absolute atomic E-state index is 14.5. The van der Waals surface area contributed by atoms with Crippen LogP contribution < -0.4 is 31.9 Å². The van der Waals surface area contributed by atoms with Crippen molar-refractivity contribution in [2.24, 2.45) is 23.7 Å². The lowest BCUT2D eigenvalue weighted by Gasteiger charge is -2.29. The Morgan fingerprint density at radius 1 is 0.746 bits per heavy atom. The lowest BCUT2D eigenvalue weighted by Crippen LogP contribution is -2.59. The second kappa shape index (κ2) is 27.9. The molecule has 0 spiro atoms. The Hall–Kier alpha value is -7.15. The molecule has 8 N–H and O–H groups in total. The molecule has 7 amide bonds. The predicted octanol–water partition coefficient (Wildman–Crippen LogP) is 2.81. The molecule has 1 heterocycles. The van der Waals surface area contributed by atoms with E-state index in [1.165, 1.54) is 27.8 Å². The van der Waals surface area contributed by atoms with Crippen LogP contribution in [0.25, 0.3) is 0 Å². The monoisotopic (exact) mass is 986 g/mol. The number of amides is 7. The molecule has 2 aromatic rings. The lowest BCUT2D eigenvalue weighted by atomic mass is 9.94. The van der Waals surface area contributed by atoms with Crippen LogP contribution >= 0.6 is 0 Å². The summed E-state index contributed by atoms with van der Waals surface area (Å²) in [4.78, 5) is 122. The van der Waals surface area contributed by atoms with E-state index < -0.39 is 120 Å².